The molecule has 0 aromatic rings. The number of rotatable bonds is 18. The van der Waals surface area contributed by atoms with Gasteiger partial charge in [-0.3, -0.25) is 9.59 Å². The second kappa shape index (κ2) is 18.5. The van der Waals surface area contributed by atoms with E-state index < -0.39 is 30.4 Å². The zero-order valence-corrected chi connectivity index (χ0v) is 21.9. The van der Waals surface area contributed by atoms with E-state index in [1.54, 1.807) is 0 Å². The number of carbonyl (C=O) groups is 3. The summed E-state index contributed by atoms with van der Waals surface area (Å²) in [5, 5.41) is 5.54. The molecule has 0 spiro atoms. The standard InChI is InChI=1S/C26H48N2O6/c1-5-6-7-8-9-10-11-12-13-14-15-17-33-26(31)28-23(19-20(2)3)24(30)27-22-16-18-32-25(22)34-21(4)29/h20,22-23,25H,5-19H2,1-4H3,(H,27,30)(H,28,31)/t22-,23?,25-/m0/s1. The number of amides is 2. The molecule has 198 valence electrons. The number of hydrogen-bond donors (Lipinski definition) is 2. The van der Waals surface area contributed by atoms with Crippen LogP contribution in [0, 0.1) is 5.92 Å². The van der Waals surface area contributed by atoms with Gasteiger partial charge in [0.15, 0.2) is 0 Å². The van der Waals surface area contributed by atoms with E-state index in [9.17, 15) is 14.4 Å². The summed E-state index contributed by atoms with van der Waals surface area (Å²) >= 11 is 0. The molecule has 2 N–H and O–H groups in total. The first-order chi connectivity index (χ1) is 16.3. The molecule has 0 aromatic heterocycles. The summed E-state index contributed by atoms with van der Waals surface area (Å²) in [6.07, 6.45) is 13.2. The van der Waals surface area contributed by atoms with Crippen molar-refractivity contribution >= 4 is 18.0 Å². The molecule has 34 heavy (non-hydrogen) atoms. The number of ether oxygens (including phenoxy) is 3. The highest BCUT2D eigenvalue weighted by Crippen LogP contribution is 2.16. The Morgan fingerprint density at radius 1 is 0.941 bits per heavy atom. The van der Waals surface area contributed by atoms with E-state index in [0.717, 1.165) is 19.3 Å². The molecule has 1 rings (SSSR count). The largest absolute Gasteiger partial charge is 0.450 e. The van der Waals surface area contributed by atoms with E-state index in [1.807, 2.05) is 13.8 Å². The van der Waals surface area contributed by atoms with Crippen LogP contribution < -0.4 is 10.6 Å². The Hall–Kier alpha value is -1.83. The lowest BCUT2D eigenvalue weighted by molar-refractivity contribution is -0.170. The van der Waals surface area contributed by atoms with Crippen molar-refractivity contribution in [3.63, 3.8) is 0 Å². The third-order valence-corrected chi connectivity index (χ3v) is 5.95. The van der Waals surface area contributed by atoms with Crippen LogP contribution in [0.1, 0.15) is 111 Å². The Morgan fingerprint density at radius 2 is 1.53 bits per heavy atom. The Bertz CT molecular complexity index is 584. The maximum Gasteiger partial charge on any atom is 0.407 e. The smallest absolute Gasteiger partial charge is 0.407 e. The first-order valence-electron chi connectivity index (χ1n) is 13.4. The lowest BCUT2D eigenvalue weighted by Gasteiger charge is -2.24. The van der Waals surface area contributed by atoms with Crippen LogP contribution in [0.2, 0.25) is 0 Å². The summed E-state index contributed by atoms with van der Waals surface area (Å²) in [5.41, 5.74) is 0. The quantitative estimate of drug-likeness (QED) is 0.204. The van der Waals surface area contributed by atoms with E-state index in [0.29, 0.717) is 26.1 Å². The van der Waals surface area contributed by atoms with Crippen molar-refractivity contribution in [2.45, 2.75) is 130 Å². The molecule has 1 heterocycles. The van der Waals surface area contributed by atoms with Crippen LogP contribution in [0.3, 0.4) is 0 Å². The molecule has 0 radical (unpaired) electrons. The fourth-order valence-corrected chi connectivity index (χ4v) is 4.08. The molecule has 2 amide bonds. The van der Waals surface area contributed by atoms with Crippen LogP contribution in [0.4, 0.5) is 4.79 Å². The number of unbranched alkanes of at least 4 members (excludes halogenated alkanes) is 10. The third kappa shape index (κ3) is 14.4. The van der Waals surface area contributed by atoms with Gasteiger partial charge in [0.2, 0.25) is 12.2 Å². The molecule has 0 aliphatic carbocycles. The molecule has 1 saturated heterocycles. The SMILES string of the molecule is CCCCCCCCCCCCCOC(=O)NC(CC(C)C)C(=O)N[C@H]1CCO[C@H]1OC(C)=O. The first kappa shape index (κ1) is 30.2. The van der Waals surface area contributed by atoms with Crippen LogP contribution in [0.15, 0.2) is 0 Å². The van der Waals surface area contributed by atoms with E-state index >= 15 is 0 Å². The monoisotopic (exact) mass is 484 g/mol. The van der Waals surface area contributed by atoms with Gasteiger partial charge in [0.25, 0.3) is 0 Å². The maximum absolute atomic E-state index is 12.8. The lowest BCUT2D eigenvalue weighted by Crippen LogP contribution is -2.52. The van der Waals surface area contributed by atoms with Crippen LogP contribution in [-0.4, -0.2) is 49.6 Å². The van der Waals surface area contributed by atoms with Gasteiger partial charge in [0.1, 0.15) is 6.04 Å². The minimum absolute atomic E-state index is 0.201. The summed E-state index contributed by atoms with van der Waals surface area (Å²) < 4.78 is 15.8. The molecular formula is C26H48N2O6. The minimum Gasteiger partial charge on any atom is -0.450 e. The number of nitrogens with one attached hydrogen (secondary N) is 2. The van der Waals surface area contributed by atoms with Crippen LogP contribution in [0.5, 0.6) is 0 Å². The second-order valence-corrected chi connectivity index (χ2v) is 9.75. The fourth-order valence-electron chi connectivity index (χ4n) is 4.08. The summed E-state index contributed by atoms with van der Waals surface area (Å²) in [4.78, 5) is 36.3. The number of carbonyl (C=O) groups excluding carboxylic acids is 3. The summed E-state index contributed by atoms with van der Waals surface area (Å²) in [6.45, 7) is 8.26. The highest BCUT2D eigenvalue weighted by atomic mass is 16.7. The van der Waals surface area contributed by atoms with E-state index in [1.165, 1.54) is 58.3 Å². The number of alkyl carbamates (subject to hydrolysis) is 1. The zero-order chi connectivity index (χ0) is 25.2. The minimum atomic E-state index is -0.797. The second-order valence-electron chi connectivity index (χ2n) is 9.75. The Morgan fingerprint density at radius 3 is 2.09 bits per heavy atom. The van der Waals surface area contributed by atoms with Gasteiger partial charge in [0, 0.05) is 6.92 Å². The maximum atomic E-state index is 12.8. The number of esters is 1. The zero-order valence-electron chi connectivity index (χ0n) is 21.9. The van der Waals surface area contributed by atoms with Crippen molar-refractivity contribution in [3.05, 3.63) is 0 Å². The summed E-state index contributed by atoms with van der Waals surface area (Å²) in [7, 11) is 0. The third-order valence-electron chi connectivity index (χ3n) is 5.95. The first-order valence-corrected chi connectivity index (χ1v) is 13.4. The van der Waals surface area contributed by atoms with Gasteiger partial charge < -0.3 is 24.8 Å². The Balaban J connectivity index is 2.24. The van der Waals surface area contributed by atoms with Crippen LogP contribution >= 0.6 is 0 Å². The summed E-state index contributed by atoms with van der Waals surface area (Å²) in [6, 6.07) is -1.15. The molecule has 8 nitrogen and oxygen atoms in total. The Kier molecular flexibility index (Phi) is 16.4. The van der Waals surface area contributed by atoms with Crippen LogP contribution in [0.25, 0.3) is 0 Å². The van der Waals surface area contributed by atoms with Gasteiger partial charge in [-0.15, -0.1) is 0 Å². The molecule has 1 unspecified atom stereocenters. The van der Waals surface area contributed by atoms with Crippen LogP contribution in [-0.2, 0) is 23.8 Å². The van der Waals surface area contributed by atoms with Crippen molar-refractivity contribution in [3.8, 4) is 0 Å². The van der Waals surface area contributed by atoms with Crippen molar-refractivity contribution in [2.75, 3.05) is 13.2 Å². The molecular weight excluding hydrogens is 436 g/mol. The van der Waals surface area contributed by atoms with Gasteiger partial charge in [-0.2, -0.15) is 0 Å². The van der Waals surface area contributed by atoms with E-state index in [4.69, 9.17) is 14.2 Å². The van der Waals surface area contributed by atoms with Gasteiger partial charge in [-0.05, 0) is 25.2 Å². The average molecular weight is 485 g/mol. The van der Waals surface area contributed by atoms with Crippen molar-refractivity contribution in [1.82, 2.24) is 10.6 Å². The average Bonchev–Trinajstić information content (AvgIpc) is 3.19. The van der Waals surface area contributed by atoms with Gasteiger partial charge >= 0.3 is 12.1 Å². The molecule has 1 aliphatic heterocycles. The molecule has 1 aliphatic rings. The fraction of sp³-hybridized carbons (Fsp3) is 0.885. The number of hydrogen-bond acceptors (Lipinski definition) is 6. The highest BCUT2D eigenvalue weighted by Gasteiger charge is 2.34. The summed E-state index contributed by atoms with van der Waals surface area (Å²) in [5.74, 6) is -0.589. The van der Waals surface area contributed by atoms with E-state index in [2.05, 4.69) is 17.6 Å². The van der Waals surface area contributed by atoms with Gasteiger partial charge in [-0.1, -0.05) is 85.0 Å². The highest BCUT2D eigenvalue weighted by molar-refractivity contribution is 5.85. The predicted molar refractivity (Wildman–Crippen MR) is 132 cm³/mol. The van der Waals surface area contributed by atoms with Gasteiger partial charge in [-0.25, -0.2) is 4.79 Å². The Labute approximate surface area is 206 Å². The topological polar surface area (TPSA) is 103 Å². The molecule has 0 saturated carbocycles. The molecule has 1 fully saturated rings. The van der Waals surface area contributed by atoms with E-state index in [-0.39, 0.29) is 11.8 Å². The van der Waals surface area contributed by atoms with Crippen molar-refractivity contribution in [1.29, 1.82) is 0 Å². The lowest BCUT2D eigenvalue weighted by atomic mass is 10.0. The normalized spacial score (nSPS) is 18.5. The van der Waals surface area contributed by atoms with Crippen molar-refractivity contribution < 1.29 is 28.6 Å². The molecule has 0 bridgehead atoms. The van der Waals surface area contributed by atoms with Crippen molar-refractivity contribution in [2.24, 2.45) is 5.92 Å². The molecule has 0 aromatic carbocycles. The van der Waals surface area contributed by atoms with Gasteiger partial charge in [0.05, 0.1) is 19.3 Å². The molecule has 8 heteroatoms. The molecule has 3 atom stereocenters. The predicted octanol–water partition coefficient (Wildman–Crippen LogP) is 5.23.